The topological polar surface area (TPSA) is 103 Å². The number of sulfone groups is 1. The third-order valence-corrected chi connectivity index (χ3v) is 9.12. The Morgan fingerprint density at radius 2 is 2.03 bits per heavy atom. The minimum Gasteiger partial charge on any atom is -0.477 e. The molecule has 0 bridgehead atoms. The number of aromatic nitrogens is 3. The average Bonchev–Trinajstić information content (AvgIpc) is 3.38. The van der Waals surface area contributed by atoms with Gasteiger partial charge in [-0.15, -0.1) is 0 Å². The lowest BCUT2D eigenvalue weighted by Gasteiger charge is -2.15. The molecular weight excluding hydrogens is 434 g/mol. The number of rotatable bonds is 8. The summed E-state index contributed by atoms with van der Waals surface area (Å²) < 4.78 is 35.7. The third-order valence-electron chi connectivity index (χ3n) is 5.61. The number of hydrogen-bond acceptors (Lipinski definition) is 5. The Morgan fingerprint density at radius 3 is 2.74 bits per heavy atom. The van der Waals surface area contributed by atoms with Crippen molar-refractivity contribution in [2.45, 2.75) is 61.6 Å². The summed E-state index contributed by atoms with van der Waals surface area (Å²) >= 11 is 0. The van der Waals surface area contributed by atoms with E-state index in [9.17, 15) is 18.3 Å². The number of fused-ring (bicyclic) bond motifs is 2. The molecule has 0 radical (unpaired) electrons. The first kappa shape index (κ1) is 21.8. The highest BCUT2D eigenvalue weighted by atomic mass is 32.2. The molecule has 3 aromatic rings. The van der Waals surface area contributed by atoms with Crippen LogP contribution in [-0.2, 0) is 34.3 Å². The van der Waals surface area contributed by atoms with Gasteiger partial charge in [-0.2, -0.15) is 5.10 Å². The lowest BCUT2D eigenvalue weighted by molar-refractivity contribution is 0.0685. The number of nitrogens with zero attached hydrogens (tertiary/aromatic N) is 3. The van der Waals surface area contributed by atoms with Crippen LogP contribution < -0.4 is 0 Å². The number of carboxylic acid groups (broad SMARTS) is 1. The summed E-state index contributed by atoms with van der Waals surface area (Å²) in [6.45, 7) is 8.39. The lowest BCUT2D eigenvalue weighted by atomic mass is 10.2. The summed E-state index contributed by atoms with van der Waals surface area (Å²) in [5.74, 6) is -1.12. The molecule has 1 aromatic carbocycles. The zero-order valence-electron chi connectivity index (χ0n) is 18.0. The second-order valence-electron chi connectivity index (χ2n) is 9.12. The molecule has 0 atom stereocenters. The van der Waals surface area contributed by atoms with Gasteiger partial charge in [0.25, 0.3) is 0 Å². The van der Waals surface area contributed by atoms with Crippen LogP contribution in [0.5, 0.6) is 0 Å². The predicted molar refractivity (Wildman–Crippen MR) is 119 cm³/mol. The monoisotopic (exact) mass is 461 g/mol. The molecule has 0 unspecified atom stereocenters. The Balaban J connectivity index is 1.61. The zero-order valence-corrected chi connectivity index (χ0v) is 19.8. The molecule has 0 aliphatic carbocycles. The molecule has 166 valence electrons. The van der Waals surface area contributed by atoms with Crippen LogP contribution in [0.15, 0.2) is 40.3 Å². The van der Waals surface area contributed by atoms with Crippen molar-refractivity contribution in [3.63, 3.8) is 0 Å². The fraction of sp³-hybridized carbons (Fsp3) is 0.429. The number of carbonyl (C=O) groups is 1. The molecule has 0 saturated heterocycles. The summed E-state index contributed by atoms with van der Waals surface area (Å²) in [6, 6.07) is 7.22. The maximum absolute atomic E-state index is 13.3. The normalized spacial score (nSPS) is 14.3. The zero-order chi connectivity index (χ0) is 22.4. The van der Waals surface area contributed by atoms with Crippen molar-refractivity contribution in [1.29, 1.82) is 0 Å². The van der Waals surface area contributed by atoms with Gasteiger partial charge in [0.2, 0.25) is 9.84 Å². The minimum atomic E-state index is -3.84. The van der Waals surface area contributed by atoms with Gasteiger partial charge >= 0.3 is 5.97 Å². The Morgan fingerprint density at radius 1 is 1.26 bits per heavy atom. The first-order chi connectivity index (χ1) is 14.6. The smallest absolute Gasteiger partial charge is 0.352 e. The summed E-state index contributed by atoms with van der Waals surface area (Å²) in [5.41, 5.74) is 1.39. The second kappa shape index (κ2) is 7.92. The molecule has 4 rings (SSSR count). The summed E-state index contributed by atoms with van der Waals surface area (Å²) in [4.78, 5) is 11.8. The predicted octanol–water partition coefficient (Wildman–Crippen LogP) is 3.63. The Hall–Kier alpha value is -2.43. The maximum atomic E-state index is 13.3. The number of aromatic carboxylic acids is 1. The molecule has 0 spiro atoms. The van der Waals surface area contributed by atoms with E-state index in [0.29, 0.717) is 37.4 Å². The molecule has 10 heteroatoms. The highest BCUT2D eigenvalue weighted by Gasteiger charge is 2.31. The van der Waals surface area contributed by atoms with Crippen LogP contribution in [0.3, 0.4) is 0 Å². The van der Waals surface area contributed by atoms with Gasteiger partial charge in [-0.25, -0.2) is 17.9 Å². The van der Waals surface area contributed by atoms with E-state index >= 15 is 0 Å². The molecule has 1 N–H and O–H groups in total. The van der Waals surface area contributed by atoms with Crippen LogP contribution >= 0.6 is 0 Å². The van der Waals surface area contributed by atoms with Gasteiger partial charge in [0, 0.05) is 32.3 Å². The van der Waals surface area contributed by atoms with Crippen molar-refractivity contribution < 1.29 is 23.1 Å². The van der Waals surface area contributed by atoms with Crippen molar-refractivity contribution in [2.24, 2.45) is 0 Å². The van der Waals surface area contributed by atoms with Gasteiger partial charge in [0.05, 0.1) is 21.5 Å². The molecule has 0 fully saturated rings. The highest BCUT2D eigenvalue weighted by molar-refractivity contribution is 7.91. The molecule has 1 aliphatic rings. The van der Waals surface area contributed by atoms with Crippen LogP contribution in [0.1, 0.15) is 22.6 Å². The Bertz CT molecular complexity index is 1250. The number of carboxylic acids is 1. The van der Waals surface area contributed by atoms with Gasteiger partial charge in [-0.05, 0) is 43.2 Å². The quantitative estimate of drug-likeness (QED) is 0.406. The first-order valence-electron chi connectivity index (χ1n) is 10.3. The molecule has 1 aliphatic heterocycles. The number of ether oxygens (including phenoxy) is 1. The standard InChI is InChI=1S/C21H27N3O5SSi/c1-31(2,3)10-9-29-14-24-17-7-6-16(11-15(17)13-22-24)30(27,28)20-12-19(21(25)26)23-8-4-5-18(20)23/h6-7,11-13H,4-5,8-10,14H2,1-3H3,(H,25,26). The van der Waals surface area contributed by atoms with Gasteiger partial charge < -0.3 is 14.4 Å². The van der Waals surface area contributed by atoms with Crippen LogP contribution in [0.2, 0.25) is 25.7 Å². The summed E-state index contributed by atoms with van der Waals surface area (Å²) in [7, 11) is -5.01. The third kappa shape index (κ3) is 4.19. The van der Waals surface area contributed by atoms with Crippen LogP contribution in [-0.4, -0.2) is 48.5 Å². The van der Waals surface area contributed by atoms with Crippen molar-refractivity contribution in [1.82, 2.24) is 14.3 Å². The van der Waals surface area contributed by atoms with E-state index in [1.54, 1.807) is 33.6 Å². The average molecular weight is 462 g/mol. The second-order valence-corrected chi connectivity index (χ2v) is 16.7. The fourth-order valence-corrected chi connectivity index (χ4v) is 6.21. The van der Waals surface area contributed by atoms with Crippen LogP contribution in [0.25, 0.3) is 10.9 Å². The van der Waals surface area contributed by atoms with Gasteiger partial charge in [0.1, 0.15) is 12.4 Å². The van der Waals surface area contributed by atoms with Crippen molar-refractivity contribution >= 4 is 34.8 Å². The fourth-order valence-electron chi connectivity index (χ4n) is 3.88. The first-order valence-corrected chi connectivity index (χ1v) is 15.5. The lowest BCUT2D eigenvalue weighted by Crippen LogP contribution is -2.22. The van der Waals surface area contributed by atoms with Gasteiger partial charge in [-0.1, -0.05) is 19.6 Å². The van der Waals surface area contributed by atoms with Crippen molar-refractivity contribution in [2.75, 3.05) is 6.61 Å². The van der Waals surface area contributed by atoms with E-state index in [0.717, 1.165) is 18.0 Å². The van der Waals surface area contributed by atoms with Crippen LogP contribution in [0.4, 0.5) is 0 Å². The van der Waals surface area contributed by atoms with E-state index in [4.69, 9.17) is 4.74 Å². The van der Waals surface area contributed by atoms with Gasteiger partial charge in [0.15, 0.2) is 0 Å². The Labute approximate surface area is 182 Å². The minimum absolute atomic E-state index is 0.0236. The van der Waals surface area contributed by atoms with E-state index in [1.807, 2.05) is 0 Å². The molecule has 2 aromatic heterocycles. The highest BCUT2D eigenvalue weighted by Crippen LogP contribution is 2.33. The molecule has 0 saturated carbocycles. The van der Waals surface area contributed by atoms with E-state index < -0.39 is 23.9 Å². The number of benzene rings is 1. The molecular formula is C21H27N3O5SSi. The Kier molecular flexibility index (Phi) is 5.57. The van der Waals surface area contributed by atoms with E-state index in [-0.39, 0.29) is 15.5 Å². The molecule has 8 nitrogen and oxygen atoms in total. The van der Waals surface area contributed by atoms with Gasteiger partial charge in [-0.3, -0.25) is 0 Å². The van der Waals surface area contributed by atoms with E-state index in [2.05, 4.69) is 24.7 Å². The molecule has 3 heterocycles. The maximum Gasteiger partial charge on any atom is 0.352 e. The SMILES string of the molecule is C[Si](C)(C)CCOCn1ncc2cc(S(=O)(=O)c3cc(C(=O)O)n4c3CCC4)ccc21. The molecule has 0 amide bonds. The molecule has 31 heavy (non-hydrogen) atoms. The van der Waals surface area contributed by atoms with Crippen molar-refractivity contribution in [3.05, 3.63) is 41.9 Å². The van der Waals surface area contributed by atoms with E-state index in [1.165, 1.54) is 6.07 Å². The van der Waals surface area contributed by atoms with Crippen molar-refractivity contribution in [3.8, 4) is 0 Å². The number of hydrogen-bond donors (Lipinski definition) is 1. The largest absolute Gasteiger partial charge is 0.477 e. The summed E-state index contributed by atoms with van der Waals surface area (Å²) in [6.07, 6.45) is 2.92. The van der Waals surface area contributed by atoms with Crippen LogP contribution in [0, 0.1) is 0 Å². The summed E-state index contributed by atoms with van der Waals surface area (Å²) in [5, 5.41) is 14.5.